The predicted molar refractivity (Wildman–Crippen MR) is 77.7 cm³/mol. The van der Waals surface area contributed by atoms with Gasteiger partial charge in [0.25, 0.3) is 0 Å². The summed E-state index contributed by atoms with van der Waals surface area (Å²) in [4.78, 5) is 4.36. The number of aromatic hydroxyl groups is 1. The maximum Gasteiger partial charge on any atom is 0.115 e. The van der Waals surface area contributed by atoms with Gasteiger partial charge in [0.1, 0.15) is 5.75 Å². The number of thiazole rings is 1. The summed E-state index contributed by atoms with van der Waals surface area (Å²) in [7, 11) is 0. The molecular formula is C15H18N2OS. The summed E-state index contributed by atoms with van der Waals surface area (Å²) in [6.45, 7) is 3.15. The van der Waals surface area contributed by atoms with E-state index in [1.807, 2.05) is 23.7 Å². The van der Waals surface area contributed by atoms with E-state index in [0.717, 1.165) is 19.4 Å². The fourth-order valence-corrected chi connectivity index (χ4v) is 3.40. The van der Waals surface area contributed by atoms with Crippen LogP contribution >= 0.6 is 11.3 Å². The van der Waals surface area contributed by atoms with Gasteiger partial charge in [0, 0.05) is 30.1 Å². The third-order valence-corrected chi connectivity index (χ3v) is 4.75. The Morgan fingerprint density at radius 3 is 3.21 bits per heavy atom. The molecule has 0 saturated heterocycles. The first-order valence-corrected chi connectivity index (χ1v) is 7.56. The Bertz CT molecular complexity index is 553. The Hall–Kier alpha value is -1.39. The van der Waals surface area contributed by atoms with E-state index in [2.05, 4.69) is 17.2 Å². The van der Waals surface area contributed by atoms with E-state index in [0.29, 0.717) is 17.7 Å². The molecule has 0 spiro atoms. The van der Waals surface area contributed by atoms with Crippen LogP contribution in [0.2, 0.25) is 0 Å². The molecule has 1 aromatic heterocycles. The summed E-state index contributed by atoms with van der Waals surface area (Å²) in [6, 6.07) is 6.13. The molecule has 1 aliphatic carbocycles. The van der Waals surface area contributed by atoms with Gasteiger partial charge in [-0.1, -0.05) is 13.0 Å². The third kappa shape index (κ3) is 2.65. The zero-order valence-corrected chi connectivity index (χ0v) is 11.8. The number of benzene rings is 1. The van der Waals surface area contributed by atoms with E-state index in [-0.39, 0.29) is 0 Å². The first kappa shape index (κ1) is 12.6. The molecule has 3 nitrogen and oxygen atoms in total. The first-order valence-electron chi connectivity index (χ1n) is 6.68. The maximum absolute atomic E-state index is 9.50. The number of hydrogen-bond donors (Lipinski definition) is 2. The summed E-state index contributed by atoms with van der Waals surface area (Å²) in [5.74, 6) is 0.816. The van der Waals surface area contributed by atoms with Crippen molar-refractivity contribution in [2.45, 2.75) is 31.7 Å². The predicted octanol–water partition coefficient (Wildman–Crippen LogP) is 3.23. The van der Waals surface area contributed by atoms with Crippen molar-refractivity contribution in [3.05, 3.63) is 45.9 Å². The molecule has 100 valence electrons. The van der Waals surface area contributed by atoms with E-state index < -0.39 is 0 Å². The highest BCUT2D eigenvalue weighted by molar-refractivity contribution is 7.09. The number of nitrogens with one attached hydrogen (secondary N) is 1. The number of hydrogen-bond acceptors (Lipinski definition) is 4. The molecule has 1 heterocycles. The summed E-state index contributed by atoms with van der Waals surface area (Å²) in [6.07, 6.45) is 4.03. The Balaban J connectivity index is 1.64. The number of fused-ring (bicyclic) bond motifs is 1. The molecular weight excluding hydrogens is 256 g/mol. The average Bonchev–Trinajstić information content (AvgIpc) is 3.05. The molecule has 0 saturated carbocycles. The third-order valence-electron chi connectivity index (χ3n) is 3.75. The number of aryl methyl sites for hydroxylation is 1. The Kier molecular flexibility index (Phi) is 3.53. The van der Waals surface area contributed by atoms with E-state index in [1.54, 1.807) is 17.4 Å². The second-order valence-corrected chi connectivity index (χ2v) is 6.08. The van der Waals surface area contributed by atoms with E-state index in [4.69, 9.17) is 0 Å². The Morgan fingerprint density at radius 1 is 1.53 bits per heavy atom. The summed E-state index contributed by atoms with van der Waals surface area (Å²) < 4.78 is 0. The lowest BCUT2D eigenvalue weighted by Gasteiger charge is -2.17. The smallest absolute Gasteiger partial charge is 0.115 e. The van der Waals surface area contributed by atoms with Gasteiger partial charge in [0.2, 0.25) is 0 Å². The molecule has 4 heteroatoms. The van der Waals surface area contributed by atoms with Gasteiger partial charge < -0.3 is 10.4 Å². The van der Waals surface area contributed by atoms with Gasteiger partial charge in [-0.05, 0) is 36.1 Å². The van der Waals surface area contributed by atoms with Crippen LogP contribution in [0.15, 0.2) is 29.8 Å². The largest absolute Gasteiger partial charge is 0.508 e. The molecule has 2 atom stereocenters. The van der Waals surface area contributed by atoms with E-state index in [1.165, 1.54) is 16.1 Å². The fraction of sp³-hybridized carbons (Fsp3) is 0.400. The summed E-state index contributed by atoms with van der Waals surface area (Å²) in [5.41, 5.74) is 2.61. The Morgan fingerprint density at radius 2 is 2.42 bits per heavy atom. The van der Waals surface area contributed by atoms with Gasteiger partial charge in [-0.2, -0.15) is 0 Å². The van der Waals surface area contributed by atoms with Crippen LogP contribution in [0.1, 0.15) is 41.4 Å². The maximum atomic E-state index is 9.50. The van der Waals surface area contributed by atoms with Crippen molar-refractivity contribution in [3.8, 4) is 5.75 Å². The Labute approximate surface area is 117 Å². The lowest BCUT2D eigenvalue weighted by molar-refractivity contribution is 0.474. The van der Waals surface area contributed by atoms with Crippen LogP contribution in [0.4, 0.5) is 0 Å². The number of phenols is 1. The molecule has 0 bridgehead atoms. The highest BCUT2D eigenvalue weighted by Gasteiger charge is 2.23. The molecule has 2 aromatic rings. The van der Waals surface area contributed by atoms with Crippen molar-refractivity contribution in [1.82, 2.24) is 10.3 Å². The van der Waals surface area contributed by atoms with Crippen molar-refractivity contribution in [2.24, 2.45) is 0 Å². The standard InChI is InChI=1S/C15H18N2OS/c1-10(15-16-6-7-19-15)9-17-14-5-2-11-8-12(18)3-4-13(11)14/h3-4,6-8,10,14,17-18H,2,5,9H2,1H3. The molecule has 0 radical (unpaired) electrons. The molecule has 0 fully saturated rings. The number of phenolic OH excluding ortho intramolecular Hbond substituents is 1. The normalized spacial score (nSPS) is 19.3. The molecule has 3 rings (SSSR count). The minimum atomic E-state index is 0.371. The van der Waals surface area contributed by atoms with Crippen LogP contribution in [0, 0.1) is 0 Å². The second-order valence-electron chi connectivity index (χ2n) is 5.15. The first-order chi connectivity index (χ1) is 9.24. The van der Waals surface area contributed by atoms with E-state index >= 15 is 0 Å². The van der Waals surface area contributed by atoms with Gasteiger partial charge in [-0.15, -0.1) is 11.3 Å². The van der Waals surface area contributed by atoms with Crippen LogP contribution in [0.25, 0.3) is 0 Å². The van der Waals surface area contributed by atoms with Gasteiger partial charge in [0.15, 0.2) is 0 Å². The average molecular weight is 274 g/mol. The minimum absolute atomic E-state index is 0.371. The van der Waals surface area contributed by atoms with Crippen LogP contribution in [-0.4, -0.2) is 16.6 Å². The number of rotatable bonds is 4. The van der Waals surface area contributed by atoms with Gasteiger partial charge in [-0.3, -0.25) is 0 Å². The topological polar surface area (TPSA) is 45.1 Å². The van der Waals surface area contributed by atoms with Gasteiger partial charge >= 0.3 is 0 Å². The molecule has 2 N–H and O–H groups in total. The van der Waals surface area contributed by atoms with Crippen molar-refractivity contribution < 1.29 is 5.11 Å². The molecule has 2 unspecified atom stereocenters. The van der Waals surface area contributed by atoms with Crippen molar-refractivity contribution in [2.75, 3.05) is 6.54 Å². The SMILES string of the molecule is CC(CNC1CCc2cc(O)ccc21)c1nccs1. The molecule has 0 aliphatic heterocycles. The molecule has 1 aliphatic rings. The molecule has 19 heavy (non-hydrogen) atoms. The fourth-order valence-electron chi connectivity index (χ4n) is 2.70. The van der Waals surface area contributed by atoms with Crippen LogP contribution in [-0.2, 0) is 6.42 Å². The van der Waals surface area contributed by atoms with Crippen molar-refractivity contribution >= 4 is 11.3 Å². The van der Waals surface area contributed by atoms with Crippen LogP contribution in [0.5, 0.6) is 5.75 Å². The number of nitrogens with zero attached hydrogens (tertiary/aromatic N) is 1. The summed E-state index contributed by atoms with van der Waals surface area (Å²) >= 11 is 1.72. The lowest BCUT2D eigenvalue weighted by Crippen LogP contribution is -2.24. The highest BCUT2D eigenvalue weighted by Crippen LogP contribution is 2.33. The van der Waals surface area contributed by atoms with Crippen molar-refractivity contribution in [3.63, 3.8) is 0 Å². The molecule has 1 aromatic carbocycles. The van der Waals surface area contributed by atoms with Crippen LogP contribution < -0.4 is 5.32 Å². The van der Waals surface area contributed by atoms with Gasteiger partial charge in [0.05, 0.1) is 5.01 Å². The van der Waals surface area contributed by atoms with Crippen molar-refractivity contribution in [1.29, 1.82) is 0 Å². The van der Waals surface area contributed by atoms with E-state index in [9.17, 15) is 5.11 Å². The van der Waals surface area contributed by atoms with Gasteiger partial charge in [-0.25, -0.2) is 4.98 Å². The zero-order valence-electron chi connectivity index (χ0n) is 11.0. The molecule has 0 amide bonds. The lowest BCUT2D eigenvalue weighted by atomic mass is 10.1. The van der Waals surface area contributed by atoms with Crippen LogP contribution in [0.3, 0.4) is 0 Å². The zero-order chi connectivity index (χ0) is 13.2. The minimum Gasteiger partial charge on any atom is -0.508 e. The second kappa shape index (κ2) is 5.31. The highest BCUT2D eigenvalue weighted by atomic mass is 32.1. The summed E-state index contributed by atoms with van der Waals surface area (Å²) in [5, 5.41) is 16.3. The quantitative estimate of drug-likeness (QED) is 0.899. The monoisotopic (exact) mass is 274 g/mol. The number of aromatic nitrogens is 1.